The second-order valence-corrected chi connectivity index (χ2v) is 6.40. The van der Waals surface area contributed by atoms with Gasteiger partial charge in [-0.05, 0) is 42.8 Å². The third kappa shape index (κ3) is 2.67. The smallest absolute Gasteiger partial charge is 0.171 e. The maximum Gasteiger partial charge on any atom is 0.171 e. The van der Waals surface area contributed by atoms with E-state index in [2.05, 4.69) is 20.7 Å². The molecule has 1 saturated heterocycles. The fourth-order valence-electron chi connectivity index (χ4n) is 3.61. The van der Waals surface area contributed by atoms with Gasteiger partial charge in [0.1, 0.15) is 11.9 Å². The maximum atomic E-state index is 15.3. The minimum absolute atomic E-state index is 0.182. The molecule has 1 aliphatic rings. The van der Waals surface area contributed by atoms with Gasteiger partial charge in [0.15, 0.2) is 5.82 Å². The third-order valence-electron chi connectivity index (χ3n) is 4.77. The Kier molecular flexibility index (Phi) is 3.98. The highest BCUT2D eigenvalue weighted by molar-refractivity contribution is 5.83. The van der Waals surface area contributed by atoms with Crippen molar-refractivity contribution in [2.24, 2.45) is 5.92 Å². The first-order valence-electron chi connectivity index (χ1n) is 8.38. The van der Waals surface area contributed by atoms with Gasteiger partial charge in [-0.15, -0.1) is 10.2 Å². The van der Waals surface area contributed by atoms with Crippen molar-refractivity contribution in [3.63, 3.8) is 0 Å². The van der Waals surface area contributed by atoms with Crippen LogP contribution >= 0.6 is 0 Å². The third-order valence-corrected chi connectivity index (χ3v) is 4.77. The van der Waals surface area contributed by atoms with Crippen LogP contribution in [0.2, 0.25) is 0 Å². The van der Waals surface area contributed by atoms with Gasteiger partial charge in [0.2, 0.25) is 0 Å². The second kappa shape index (κ2) is 6.28. The van der Waals surface area contributed by atoms with Crippen molar-refractivity contribution in [2.45, 2.75) is 25.8 Å². The largest absolute Gasteiger partial charge is 0.316 e. The molecule has 6 heteroatoms. The Labute approximate surface area is 139 Å². The average Bonchev–Trinajstić information content (AvgIpc) is 3.04. The molecule has 1 aromatic heterocycles. The van der Waals surface area contributed by atoms with Crippen LogP contribution in [0, 0.1) is 18.7 Å². The van der Waals surface area contributed by atoms with Crippen LogP contribution in [0.4, 0.5) is 4.39 Å². The standard InChI is InChI=1S/C18H20FN5/c1-12-21-23-24(22-12)18(14-6-4-10-20-11-14)16-9-8-13-5-2-3-7-15(13)17(16)19/h2-3,5,7-9,14,18,20H,4,6,10-11H2,1H3/t14-,18+/m1/s1. The number of benzene rings is 2. The molecule has 0 aliphatic carbocycles. The Bertz CT molecular complexity index is 853. The van der Waals surface area contributed by atoms with Crippen molar-refractivity contribution in [3.8, 4) is 0 Å². The van der Waals surface area contributed by atoms with Crippen LogP contribution in [0.1, 0.15) is 30.3 Å². The van der Waals surface area contributed by atoms with E-state index in [1.165, 1.54) is 0 Å². The summed E-state index contributed by atoms with van der Waals surface area (Å²) in [7, 11) is 0. The molecule has 0 unspecified atom stereocenters. The monoisotopic (exact) mass is 325 g/mol. The number of rotatable bonds is 3. The summed E-state index contributed by atoms with van der Waals surface area (Å²) in [6.07, 6.45) is 2.09. The number of tetrazole rings is 1. The molecule has 0 radical (unpaired) electrons. The number of fused-ring (bicyclic) bond motifs is 1. The molecule has 0 saturated carbocycles. The molecule has 3 aromatic rings. The molecule has 1 N–H and O–H groups in total. The summed E-state index contributed by atoms with van der Waals surface area (Å²) in [5.41, 5.74) is 0.639. The van der Waals surface area contributed by atoms with Crippen LogP contribution in [-0.4, -0.2) is 33.3 Å². The van der Waals surface area contributed by atoms with Gasteiger partial charge in [0.05, 0.1) is 0 Å². The number of piperidine rings is 1. The van der Waals surface area contributed by atoms with Gasteiger partial charge in [-0.25, -0.2) is 4.39 Å². The second-order valence-electron chi connectivity index (χ2n) is 6.40. The van der Waals surface area contributed by atoms with Crippen LogP contribution in [0.25, 0.3) is 10.8 Å². The fourth-order valence-corrected chi connectivity index (χ4v) is 3.61. The number of aryl methyl sites for hydroxylation is 1. The summed E-state index contributed by atoms with van der Waals surface area (Å²) in [5.74, 6) is 0.659. The Morgan fingerprint density at radius 1 is 1.25 bits per heavy atom. The van der Waals surface area contributed by atoms with Gasteiger partial charge < -0.3 is 5.32 Å². The lowest BCUT2D eigenvalue weighted by Crippen LogP contribution is -2.36. The van der Waals surface area contributed by atoms with Crippen molar-refractivity contribution in [2.75, 3.05) is 13.1 Å². The topological polar surface area (TPSA) is 55.6 Å². The van der Waals surface area contributed by atoms with Crippen molar-refractivity contribution >= 4 is 10.8 Å². The highest BCUT2D eigenvalue weighted by atomic mass is 19.1. The minimum atomic E-state index is -0.247. The van der Waals surface area contributed by atoms with E-state index < -0.39 is 0 Å². The predicted molar refractivity (Wildman–Crippen MR) is 90.2 cm³/mol. The van der Waals surface area contributed by atoms with Gasteiger partial charge in [0.25, 0.3) is 0 Å². The van der Waals surface area contributed by atoms with Crippen LogP contribution in [0.15, 0.2) is 36.4 Å². The molecule has 0 bridgehead atoms. The SMILES string of the molecule is Cc1nnn([C@H](c2ccc3ccccc3c2F)[C@@H]2CCCNC2)n1. The quantitative estimate of drug-likeness (QED) is 0.804. The highest BCUT2D eigenvalue weighted by Gasteiger charge is 2.31. The van der Waals surface area contributed by atoms with Gasteiger partial charge in [-0.1, -0.05) is 36.4 Å². The first-order chi connectivity index (χ1) is 11.7. The molecule has 1 aliphatic heterocycles. The Morgan fingerprint density at radius 3 is 2.88 bits per heavy atom. The molecule has 0 amide bonds. The highest BCUT2D eigenvalue weighted by Crippen LogP contribution is 2.34. The predicted octanol–water partition coefficient (Wildman–Crippen LogP) is 2.86. The van der Waals surface area contributed by atoms with Gasteiger partial charge in [-0.3, -0.25) is 0 Å². The normalized spacial score (nSPS) is 19.5. The number of hydrogen-bond acceptors (Lipinski definition) is 4. The number of halogens is 1. The van der Waals surface area contributed by atoms with E-state index in [0.717, 1.165) is 31.3 Å². The van der Waals surface area contributed by atoms with Gasteiger partial charge in [-0.2, -0.15) is 4.80 Å². The average molecular weight is 325 g/mol. The molecular formula is C18H20FN5. The van der Waals surface area contributed by atoms with Crippen LogP contribution in [0.5, 0.6) is 0 Å². The Balaban J connectivity index is 1.85. The molecule has 0 spiro atoms. The Hall–Kier alpha value is -2.34. The molecule has 124 valence electrons. The molecule has 1 fully saturated rings. The van der Waals surface area contributed by atoms with E-state index in [-0.39, 0.29) is 17.8 Å². The lowest BCUT2D eigenvalue weighted by atomic mass is 9.86. The van der Waals surface area contributed by atoms with Gasteiger partial charge >= 0.3 is 0 Å². The van der Waals surface area contributed by atoms with Crippen LogP contribution in [-0.2, 0) is 0 Å². The fraction of sp³-hybridized carbons (Fsp3) is 0.389. The number of hydrogen-bond donors (Lipinski definition) is 1. The summed E-state index contributed by atoms with van der Waals surface area (Å²) in [4.78, 5) is 1.58. The van der Waals surface area contributed by atoms with E-state index in [9.17, 15) is 0 Å². The van der Waals surface area contributed by atoms with Crippen LogP contribution in [0.3, 0.4) is 0 Å². The zero-order valence-electron chi connectivity index (χ0n) is 13.6. The lowest BCUT2D eigenvalue weighted by Gasteiger charge is -2.30. The number of nitrogens with zero attached hydrogens (tertiary/aromatic N) is 4. The van der Waals surface area contributed by atoms with E-state index in [1.54, 1.807) is 11.7 Å². The molecule has 2 heterocycles. The molecule has 24 heavy (non-hydrogen) atoms. The molecule has 2 aromatic carbocycles. The van der Waals surface area contributed by atoms with E-state index in [1.807, 2.05) is 36.4 Å². The molecule has 4 rings (SSSR count). The van der Waals surface area contributed by atoms with Crippen molar-refractivity contribution in [3.05, 3.63) is 53.6 Å². The molecule has 2 atom stereocenters. The van der Waals surface area contributed by atoms with E-state index >= 15 is 4.39 Å². The summed E-state index contributed by atoms with van der Waals surface area (Å²) in [5, 5.41) is 17.5. The lowest BCUT2D eigenvalue weighted by molar-refractivity contribution is 0.256. The summed E-state index contributed by atoms with van der Waals surface area (Å²) in [6.45, 7) is 3.64. The maximum absolute atomic E-state index is 15.3. The van der Waals surface area contributed by atoms with Crippen molar-refractivity contribution < 1.29 is 4.39 Å². The van der Waals surface area contributed by atoms with Crippen molar-refractivity contribution in [1.29, 1.82) is 0 Å². The zero-order chi connectivity index (χ0) is 16.5. The first kappa shape index (κ1) is 15.2. The van der Waals surface area contributed by atoms with Crippen molar-refractivity contribution in [1.82, 2.24) is 25.5 Å². The summed E-state index contributed by atoms with van der Waals surface area (Å²) in [6, 6.07) is 11.1. The summed E-state index contributed by atoms with van der Waals surface area (Å²) < 4.78 is 15.3. The minimum Gasteiger partial charge on any atom is -0.316 e. The first-order valence-corrected chi connectivity index (χ1v) is 8.38. The van der Waals surface area contributed by atoms with E-state index in [0.29, 0.717) is 16.8 Å². The summed E-state index contributed by atoms with van der Waals surface area (Å²) >= 11 is 0. The van der Waals surface area contributed by atoms with Gasteiger partial charge in [0, 0.05) is 17.5 Å². The number of nitrogens with one attached hydrogen (secondary N) is 1. The van der Waals surface area contributed by atoms with E-state index in [4.69, 9.17) is 0 Å². The number of aromatic nitrogens is 4. The zero-order valence-corrected chi connectivity index (χ0v) is 13.6. The molecular weight excluding hydrogens is 305 g/mol. The Morgan fingerprint density at radius 2 is 2.12 bits per heavy atom. The van der Waals surface area contributed by atoms with Crippen LogP contribution < -0.4 is 5.32 Å². The molecule has 5 nitrogen and oxygen atoms in total.